The fourth-order valence-corrected chi connectivity index (χ4v) is 4.41. The molecule has 0 aliphatic carbocycles. The van der Waals surface area contributed by atoms with Crippen LogP contribution in [0.1, 0.15) is 60.9 Å². The quantitative estimate of drug-likeness (QED) is 0.393. The maximum atomic E-state index is 13.3. The largest absolute Gasteiger partial charge is 0.493 e. The Labute approximate surface area is 198 Å². The molecule has 178 valence electrons. The van der Waals surface area contributed by atoms with Crippen LogP contribution in [0.25, 0.3) is 0 Å². The highest BCUT2D eigenvalue weighted by Gasteiger charge is 2.34. The molecule has 1 heterocycles. The summed E-state index contributed by atoms with van der Waals surface area (Å²) in [5.74, 6) is 1.39. The van der Waals surface area contributed by atoms with Gasteiger partial charge in [-0.2, -0.15) is 0 Å². The van der Waals surface area contributed by atoms with Crippen molar-refractivity contribution < 1.29 is 14.3 Å². The van der Waals surface area contributed by atoms with Gasteiger partial charge in [-0.3, -0.25) is 4.99 Å². The molecule has 6 nitrogen and oxygen atoms in total. The molecule has 0 radical (unpaired) electrons. The van der Waals surface area contributed by atoms with Gasteiger partial charge in [0, 0.05) is 19.3 Å². The summed E-state index contributed by atoms with van der Waals surface area (Å²) in [5.41, 5.74) is 4.52. The number of nitrogens with zero attached hydrogens (tertiary/aromatic N) is 2. The van der Waals surface area contributed by atoms with Crippen molar-refractivity contribution in [2.75, 3.05) is 33.9 Å². The molecule has 2 aromatic rings. The normalized spacial score (nSPS) is 15.4. The third-order valence-corrected chi connectivity index (χ3v) is 6.23. The lowest BCUT2D eigenvalue weighted by Crippen LogP contribution is -2.46. The number of aliphatic imine (C=N–C) groups is 1. The van der Waals surface area contributed by atoms with E-state index in [2.05, 4.69) is 36.3 Å². The number of ether oxygens (including phenoxy) is 2. The second kappa shape index (κ2) is 12.3. The molecule has 33 heavy (non-hydrogen) atoms. The van der Waals surface area contributed by atoms with Crippen molar-refractivity contribution in [3.8, 4) is 11.5 Å². The summed E-state index contributed by atoms with van der Waals surface area (Å²) in [4.78, 5) is 19.6. The maximum absolute atomic E-state index is 13.3. The van der Waals surface area contributed by atoms with Crippen molar-refractivity contribution >= 4 is 12.2 Å². The van der Waals surface area contributed by atoms with Crippen molar-refractivity contribution in [2.24, 2.45) is 4.99 Å². The number of carbonyl (C=O) groups excluding carboxylic acids is 1. The molecule has 1 N–H and O–H groups in total. The first kappa shape index (κ1) is 24.6. The van der Waals surface area contributed by atoms with Crippen molar-refractivity contribution in [1.29, 1.82) is 0 Å². The van der Waals surface area contributed by atoms with Crippen molar-refractivity contribution in [1.82, 2.24) is 10.2 Å². The lowest BCUT2D eigenvalue weighted by molar-refractivity contribution is 0.181. The molecule has 0 saturated heterocycles. The minimum Gasteiger partial charge on any atom is -0.493 e. The zero-order chi connectivity index (χ0) is 23.6. The van der Waals surface area contributed by atoms with E-state index in [1.807, 2.05) is 35.4 Å². The molecule has 0 spiro atoms. The van der Waals surface area contributed by atoms with Gasteiger partial charge in [0.1, 0.15) is 0 Å². The van der Waals surface area contributed by atoms with Gasteiger partial charge in [0.25, 0.3) is 0 Å². The van der Waals surface area contributed by atoms with Crippen LogP contribution in [-0.4, -0.2) is 51.0 Å². The molecule has 2 amide bonds. The Morgan fingerprint density at radius 3 is 2.61 bits per heavy atom. The molecule has 0 fully saturated rings. The number of urea groups is 1. The van der Waals surface area contributed by atoms with Gasteiger partial charge in [-0.15, -0.1) is 0 Å². The number of hydrogen-bond donors (Lipinski definition) is 1. The third kappa shape index (κ3) is 6.06. The molecule has 6 heteroatoms. The summed E-state index contributed by atoms with van der Waals surface area (Å²) in [6, 6.07) is 12.0. The summed E-state index contributed by atoms with van der Waals surface area (Å²) in [6.07, 6.45) is 7.36. The number of fused-ring (bicyclic) bond motifs is 1. The van der Waals surface area contributed by atoms with Gasteiger partial charge in [-0.05, 0) is 54.2 Å². The first-order valence-electron chi connectivity index (χ1n) is 11.9. The highest BCUT2D eigenvalue weighted by Crippen LogP contribution is 2.41. The molecule has 0 saturated carbocycles. The number of amides is 2. The minimum atomic E-state index is -0.194. The lowest BCUT2D eigenvalue weighted by Gasteiger charge is -2.38. The average Bonchev–Trinajstić information content (AvgIpc) is 2.84. The number of unbranched alkanes of at least 4 members (excludes halogenated alkanes) is 3. The van der Waals surface area contributed by atoms with Gasteiger partial charge >= 0.3 is 6.03 Å². The number of rotatable bonds is 10. The summed E-state index contributed by atoms with van der Waals surface area (Å²) in [6.45, 7) is 6.17. The Morgan fingerprint density at radius 1 is 1.12 bits per heavy atom. The van der Waals surface area contributed by atoms with Crippen molar-refractivity contribution in [3.05, 3.63) is 58.7 Å². The zero-order valence-electron chi connectivity index (χ0n) is 20.4. The molecular formula is C27H37N3O3. The molecule has 0 bridgehead atoms. The molecule has 1 unspecified atom stereocenters. The van der Waals surface area contributed by atoms with Crippen LogP contribution in [0.3, 0.4) is 0 Å². The fourth-order valence-electron chi connectivity index (χ4n) is 4.41. The number of aryl methyl sites for hydroxylation is 1. The molecule has 1 aliphatic rings. The molecule has 2 aromatic carbocycles. The molecule has 1 atom stereocenters. The molecular weight excluding hydrogens is 414 g/mol. The fraction of sp³-hybridized carbons (Fsp3) is 0.481. The molecule has 1 aliphatic heterocycles. The second-order valence-electron chi connectivity index (χ2n) is 8.44. The van der Waals surface area contributed by atoms with E-state index in [1.54, 1.807) is 14.2 Å². The van der Waals surface area contributed by atoms with E-state index >= 15 is 0 Å². The number of benzene rings is 2. The van der Waals surface area contributed by atoms with Gasteiger partial charge in [-0.25, -0.2) is 4.79 Å². The van der Waals surface area contributed by atoms with E-state index in [1.165, 1.54) is 24.8 Å². The van der Waals surface area contributed by atoms with Gasteiger partial charge in [0.05, 0.1) is 26.8 Å². The molecule has 3 rings (SSSR count). The van der Waals surface area contributed by atoms with Crippen molar-refractivity contribution in [3.63, 3.8) is 0 Å². The van der Waals surface area contributed by atoms with E-state index in [0.29, 0.717) is 24.6 Å². The first-order valence-corrected chi connectivity index (χ1v) is 11.9. The Morgan fingerprint density at radius 2 is 1.88 bits per heavy atom. The third-order valence-electron chi connectivity index (χ3n) is 6.23. The van der Waals surface area contributed by atoms with Gasteiger partial charge in [0.15, 0.2) is 11.5 Å². The van der Waals surface area contributed by atoms with Crippen LogP contribution >= 0.6 is 0 Å². The second-order valence-corrected chi connectivity index (χ2v) is 8.44. The standard InChI is InChI=1S/C27H37N3O3/c1-5-6-7-10-14-28-15-16-29-27(31)30-17-13-21-18-24(32-3)25(33-4)19-23(21)26(30)22-12-9-8-11-20(22)2/h8-9,11-12,15,18-19,26H,5-7,10,13-14,16-17H2,1-4H3,(H,29,31). The molecule has 0 aromatic heterocycles. The zero-order valence-corrected chi connectivity index (χ0v) is 20.4. The Bertz CT molecular complexity index is 958. The number of nitrogens with one attached hydrogen (secondary N) is 1. The number of hydrogen-bond acceptors (Lipinski definition) is 4. The van der Waals surface area contributed by atoms with Crippen LogP contribution in [-0.2, 0) is 6.42 Å². The van der Waals surface area contributed by atoms with Crippen LogP contribution in [0, 0.1) is 6.92 Å². The Kier molecular flexibility index (Phi) is 9.16. The van der Waals surface area contributed by atoms with Crippen LogP contribution < -0.4 is 14.8 Å². The summed E-state index contributed by atoms with van der Waals surface area (Å²) in [5, 5.41) is 3.04. The summed E-state index contributed by atoms with van der Waals surface area (Å²) >= 11 is 0. The minimum absolute atomic E-state index is 0.0823. The Balaban J connectivity index is 1.81. The van der Waals surface area contributed by atoms with Crippen LogP contribution in [0.15, 0.2) is 41.4 Å². The Hall–Kier alpha value is -3.02. The van der Waals surface area contributed by atoms with Crippen LogP contribution in [0.2, 0.25) is 0 Å². The maximum Gasteiger partial charge on any atom is 0.318 e. The van der Waals surface area contributed by atoms with Gasteiger partial charge in [0.2, 0.25) is 0 Å². The predicted octanol–water partition coefficient (Wildman–Crippen LogP) is 5.32. The number of carbonyl (C=O) groups is 1. The smallest absolute Gasteiger partial charge is 0.318 e. The lowest BCUT2D eigenvalue weighted by atomic mass is 9.86. The summed E-state index contributed by atoms with van der Waals surface area (Å²) in [7, 11) is 3.29. The summed E-state index contributed by atoms with van der Waals surface area (Å²) < 4.78 is 11.1. The van der Waals surface area contributed by atoms with Gasteiger partial charge in [-0.1, -0.05) is 50.5 Å². The van der Waals surface area contributed by atoms with E-state index < -0.39 is 0 Å². The van der Waals surface area contributed by atoms with E-state index in [0.717, 1.165) is 36.1 Å². The highest BCUT2D eigenvalue weighted by molar-refractivity contribution is 5.79. The first-order chi connectivity index (χ1) is 16.1. The predicted molar refractivity (Wildman–Crippen MR) is 134 cm³/mol. The van der Waals surface area contributed by atoms with Crippen molar-refractivity contribution in [2.45, 2.75) is 52.0 Å². The average molecular weight is 452 g/mol. The van der Waals surface area contributed by atoms with Crippen LogP contribution in [0.4, 0.5) is 4.79 Å². The topological polar surface area (TPSA) is 63.2 Å². The van der Waals surface area contributed by atoms with E-state index in [-0.39, 0.29) is 12.1 Å². The number of methoxy groups -OCH3 is 2. The van der Waals surface area contributed by atoms with Gasteiger partial charge < -0.3 is 19.7 Å². The SMILES string of the molecule is CCCCCCN=CCNC(=O)N1CCc2cc(OC)c(OC)cc2C1c1ccccc1C. The monoisotopic (exact) mass is 451 g/mol. The van der Waals surface area contributed by atoms with Crippen LogP contribution in [0.5, 0.6) is 11.5 Å². The van der Waals surface area contributed by atoms with E-state index in [4.69, 9.17) is 9.47 Å². The highest BCUT2D eigenvalue weighted by atomic mass is 16.5. The van der Waals surface area contributed by atoms with E-state index in [9.17, 15) is 4.79 Å².